The molecule has 1 N–H and O–H groups in total. The molecule has 0 saturated heterocycles. The molecule has 3 rings (SSSR count). The van der Waals surface area contributed by atoms with Gasteiger partial charge in [-0.1, -0.05) is 53.2 Å². The van der Waals surface area contributed by atoms with Crippen LogP contribution >= 0.6 is 0 Å². The summed E-state index contributed by atoms with van der Waals surface area (Å²) in [4.78, 5) is 6.57. The average molecular weight is 323 g/mol. The van der Waals surface area contributed by atoms with E-state index in [4.69, 9.17) is 4.52 Å². The van der Waals surface area contributed by atoms with Crippen LogP contribution in [0.1, 0.15) is 17.0 Å². The van der Waals surface area contributed by atoms with Gasteiger partial charge in [-0.05, 0) is 24.6 Å². The van der Waals surface area contributed by atoms with E-state index in [1.165, 1.54) is 11.1 Å². The highest BCUT2D eigenvalue weighted by molar-refractivity contribution is 5.53. The first-order valence-electron chi connectivity index (χ1n) is 8.01. The zero-order valence-electron chi connectivity index (χ0n) is 13.7. The van der Waals surface area contributed by atoms with Gasteiger partial charge in [0.25, 0.3) is 5.89 Å². The molecule has 5 nitrogen and oxygen atoms in total. The van der Waals surface area contributed by atoms with Crippen LogP contribution in [0.3, 0.4) is 0 Å². The van der Waals surface area contributed by atoms with E-state index in [9.17, 15) is 5.11 Å². The third-order valence-electron chi connectivity index (χ3n) is 3.80. The van der Waals surface area contributed by atoms with Gasteiger partial charge in [-0.15, -0.1) is 0 Å². The number of nitrogens with zero attached hydrogens (tertiary/aromatic N) is 3. The fourth-order valence-electron chi connectivity index (χ4n) is 2.53. The van der Waals surface area contributed by atoms with E-state index >= 15 is 0 Å². The first kappa shape index (κ1) is 16.4. The molecule has 0 aliphatic heterocycles. The van der Waals surface area contributed by atoms with Gasteiger partial charge >= 0.3 is 0 Å². The number of rotatable bonds is 7. The van der Waals surface area contributed by atoms with Gasteiger partial charge in [-0.2, -0.15) is 4.98 Å². The number of hydrogen-bond donors (Lipinski definition) is 1. The summed E-state index contributed by atoms with van der Waals surface area (Å²) >= 11 is 0. The highest BCUT2D eigenvalue weighted by Gasteiger charge is 2.13. The number of aromatic nitrogens is 2. The Labute approximate surface area is 141 Å². The predicted molar refractivity (Wildman–Crippen MR) is 92.1 cm³/mol. The quantitative estimate of drug-likeness (QED) is 0.724. The zero-order valence-corrected chi connectivity index (χ0v) is 13.7. The molecule has 24 heavy (non-hydrogen) atoms. The number of aliphatic hydroxyl groups is 1. The van der Waals surface area contributed by atoms with Gasteiger partial charge in [0.2, 0.25) is 0 Å². The molecular weight excluding hydrogens is 302 g/mol. The van der Waals surface area contributed by atoms with Crippen molar-refractivity contribution in [1.82, 2.24) is 15.0 Å². The van der Waals surface area contributed by atoms with Crippen molar-refractivity contribution in [2.75, 3.05) is 13.2 Å². The lowest BCUT2D eigenvalue weighted by Gasteiger charge is -2.19. The van der Waals surface area contributed by atoms with Crippen LogP contribution in [0, 0.1) is 6.92 Å². The Morgan fingerprint density at radius 2 is 1.75 bits per heavy atom. The molecule has 1 aromatic heterocycles. The van der Waals surface area contributed by atoms with Gasteiger partial charge in [-0.3, -0.25) is 4.90 Å². The van der Waals surface area contributed by atoms with Gasteiger partial charge in [0.1, 0.15) is 0 Å². The summed E-state index contributed by atoms with van der Waals surface area (Å²) in [6, 6.07) is 18.1. The Kier molecular flexibility index (Phi) is 5.36. The van der Waals surface area contributed by atoms with Crippen LogP contribution in [0.25, 0.3) is 11.5 Å². The van der Waals surface area contributed by atoms with Crippen molar-refractivity contribution >= 4 is 0 Å². The number of hydrogen-bond acceptors (Lipinski definition) is 5. The molecule has 1 heterocycles. The maximum atomic E-state index is 9.30. The lowest BCUT2D eigenvalue weighted by molar-refractivity contribution is 0.180. The van der Waals surface area contributed by atoms with E-state index in [0.29, 0.717) is 24.8 Å². The molecule has 3 aromatic rings. The standard InChI is InChI=1S/C19H21N3O2/c1-15-7-9-17(10-8-15)19-20-18(21-24-19)14-22(11-12-23)13-16-5-3-2-4-6-16/h2-10,23H,11-14H2,1H3. The Hall–Kier alpha value is -2.50. The lowest BCUT2D eigenvalue weighted by Crippen LogP contribution is -2.26. The third-order valence-corrected chi connectivity index (χ3v) is 3.80. The summed E-state index contributed by atoms with van der Waals surface area (Å²) in [6.45, 7) is 3.96. The van der Waals surface area contributed by atoms with Crippen molar-refractivity contribution in [2.24, 2.45) is 0 Å². The minimum absolute atomic E-state index is 0.0928. The highest BCUT2D eigenvalue weighted by Crippen LogP contribution is 2.18. The van der Waals surface area contributed by atoms with E-state index in [-0.39, 0.29) is 6.61 Å². The first-order chi connectivity index (χ1) is 11.7. The van der Waals surface area contributed by atoms with Crippen LogP contribution in [0.15, 0.2) is 59.1 Å². The van der Waals surface area contributed by atoms with Crippen LogP contribution in [0.2, 0.25) is 0 Å². The lowest BCUT2D eigenvalue weighted by atomic mass is 10.1. The van der Waals surface area contributed by atoms with Crippen LogP contribution < -0.4 is 0 Å². The van der Waals surface area contributed by atoms with Gasteiger partial charge in [-0.25, -0.2) is 0 Å². The summed E-state index contributed by atoms with van der Waals surface area (Å²) in [7, 11) is 0. The van der Waals surface area contributed by atoms with Crippen molar-refractivity contribution in [1.29, 1.82) is 0 Å². The van der Waals surface area contributed by atoms with Gasteiger partial charge in [0.05, 0.1) is 13.2 Å². The Balaban J connectivity index is 1.70. The number of aryl methyl sites for hydroxylation is 1. The van der Waals surface area contributed by atoms with E-state index < -0.39 is 0 Å². The highest BCUT2D eigenvalue weighted by atomic mass is 16.5. The van der Waals surface area contributed by atoms with Crippen molar-refractivity contribution in [3.63, 3.8) is 0 Å². The molecule has 0 bridgehead atoms. The second-order valence-corrected chi connectivity index (χ2v) is 5.80. The fraction of sp³-hybridized carbons (Fsp3) is 0.263. The summed E-state index contributed by atoms with van der Waals surface area (Å²) in [5.41, 5.74) is 3.29. The molecule has 0 atom stereocenters. The van der Waals surface area contributed by atoms with E-state index in [2.05, 4.69) is 27.2 Å². The molecular formula is C19H21N3O2. The van der Waals surface area contributed by atoms with Gasteiger partial charge < -0.3 is 9.63 Å². The van der Waals surface area contributed by atoms with Gasteiger partial charge in [0.15, 0.2) is 5.82 Å². The molecule has 0 fully saturated rings. The van der Waals surface area contributed by atoms with E-state index in [0.717, 1.165) is 12.1 Å². The molecule has 0 radical (unpaired) electrons. The van der Waals surface area contributed by atoms with E-state index in [1.807, 2.05) is 49.4 Å². The maximum absolute atomic E-state index is 9.30. The molecule has 5 heteroatoms. The van der Waals surface area contributed by atoms with Crippen molar-refractivity contribution in [3.8, 4) is 11.5 Å². The molecule has 124 valence electrons. The second-order valence-electron chi connectivity index (χ2n) is 5.80. The normalized spacial score (nSPS) is 11.1. The molecule has 0 amide bonds. The minimum atomic E-state index is 0.0928. The minimum Gasteiger partial charge on any atom is -0.395 e. The number of aliphatic hydroxyl groups excluding tert-OH is 1. The van der Waals surface area contributed by atoms with Gasteiger partial charge in [0, 0.05) is 18.7 Å². The van der Waals surface area contributed by atoms with Crippen molar-refractivity contribution in [3.05, 3.63) is 71.5 Å². The molecule has 0 saturated carbocycles. The van der Waals surface area contributed by atoms with Crippen LogP contribution in [-0.4, -0.2) is 33.3 Å². The third kappa shape index (κ3) is 4.28. The van der Waals surface area contributed by atoms with E-state index in [1.54, 1.807) is 0 Å². The zero-order chi connectivity index (χ0) is 16.8. The summed E-state index contributed by atoms with van der Waals surface area (Å²) in [6.07, 6.45) is 0. The smallest absolute Gasteiger partial charge is 0.257 e. The molecule has 0 aliphatic rings. The summed E-state index contributed by atoms with van der Waals surface area (Å²) in [5.74, 6) is 1.14. The van der Waals surface area contributed by atoms with Crippen molar-refractivity contribution < 1.29 is 9.63 Å². The van der Waals surface area contributed by atoms with Crippen LogP contribution in [0.5, 0.6) is 0 Å². The molecule has 0 unspecified atom stereocenters. The largest absolute Gasteiger partial charge is 0.395 e. The predicted octanol–water partition coefficient (Wildman–Crippen LogP) is 3.04. The Morgan fingerprint density at radius 3 is 2.46 bits per heavy atom. The maximum Gasteiger partial charge on any atom is 0.257 e. The topological polar surface area (TPSA) is 62.4 Å². The SMILES string of the molecule is Cc1ccc(-c2nc(CN(CCO)Cc3ccccc3)no2)cc1. The van der Waals surface area contributed by atoms with Crippen LogP contribution in [-0.2, 0) is 13.1 Å². The Morgan fingerprint density at radius 1 is 1.00 bits per heavy atom. The molecule has 2 aromatic carbocycles. The fourth-order valence-corrected chi connectivity index (χ4v) is 2.53. The van der Waals surface area contributed by atoms with Crippen molar-refractivity contribution in [2.45, 2.75) is 20.0 Å². The monoisotopic (exact) mass is 323 g/mol. The van der Waals surface area contributed by atoms with Crippen LogP contribution in [0.4, 0.5) is 0 Å². The summed E-state index contributed by atoms with van der Waals surface area (Å²) < 4.78 is 5.37. The molecule has 0 spiro atoms. The average Bonchev–Trinajstić information content (AvgIpc) is 3.05. The Bertz CT molecular complexity index is 754. The molecule has 0 aliphatic carbocycles. The second kappa shape index (κ2) is 7.86. The number of benzene rings is 2. The first-order valence-corrected chi connectivity index (χ1v) is 8.01. The summed E-state index contributed by atoms with van der Waals surface area (Å²) in [5, 5.41) is 13.4.